The molecule has 1 N–H and O–H groups in total. The molecular weight excluding hydrogens is 271 g/mol. The van der Waals surface area contributed by atoms with Gasteiger partial charge in [-0.3, -0.25) is 0 Å². The van der Waals surface area contributed by atoms with Crippen LogP contribution in [0.15, 0.2) is 42.6 Å². The van der Waals surface area contributed by atoms with Gasteiger partial charge in [-0.1, -0.05) is 12.1 Å². The second-order valence-corrected chi connectivity index (χ2v) is 4.20. The third-order valence-corrected chi connectivity index (χ3v) is 2.65. The molecule has 1 aromatic heterocycles. The van der Waals surface area contributed by atoms with E-state index in [-0.39, 0.29) is 11.6 Å². The average molecular weight is 283 g/mol. The summed E-state index contributed by atoms with van der Waals surface area (Å²) in [7, 11) is 0. The second-order valence-electron chi connectivity index (χ2n) is 4.20. The number of ether oxygens (including phenoxy) is 1. The molecular formula is C14H12F3NO2. The van der Waals surface area contributed by atoms with Crippen LogP contribution >= 0.6 is 0 Å². The van der Waals surface area contributed by atoms with Gasteiger partial charge in [0.15, 0.2) is 0 Å². The van der Waals surface area contributed by atoms with Crippen LogP contribution in [0.1, 0.15) is 24.2 Å². The van der Waals surface area contributed by atoms with Gasteiger partial charge in [-0.2, -0.15) is 13.2 Å². The van der Waals surface area contributed by atoms with Crippen LogP contribution in [-0.2, 0) is 6.18 Å². The fraction of sp³-hybridized carbons (Fsp3) is 0.214. The fourth-order valence-electron chi connectivity index (χ4n) is 1.64. The second kappa shape index (κ2) is 5.50. The minimum absolute atomic E-state index is 0.0000926. The normalized spacial score (nSPS) is 13.1. The van der Waals surface area contributed by atoms with Gasteiger partial charge in [0, 0.05) is 12.3 Å². The van der Waals surface area contributed by atoms with Gasteiger partial charge < -0.3 is 9.84 Å². The summed E-state index contributed by atoms with van der Waals surface area (Å²) in [5.41, 5.74) is -0.358. The number of hydrogen-bond donors (Lipinski definition) is 1. The quantitative estimate of drug-likeness (QED) is 0.927. The standard InChI is InChI=1S/C14H12F3NO2/c1-9(19)10-6-7-18-13(8-10)20-12-5-3-2-4-11(12)14(15,16)17/h2-9,19H,1H3/t9-/m0/s1. The summed E-state index contributed by atoms with van der Waals surface area (Å²) in [6.45, 7) is 1.54. The minimum atomic E-state index is -4.50. The molecule has 0 bridgehead atoms. The molecule has 2 aromatic rings. The van der Waals surface area contributed by atoms with Gasteiger partial charge >= 0.3 is 6.18 Å². The Bertz CT molecular complexity index is 597. The zero-order valence-corrected chi connectivity index (χ0v) is 10.6. The van der Waals surface area contributed by atoms with Crippen molar-refractivity contribution in [1.29, 1.82) is 0 Å². The van der Waals surface area contributed by atoms with Crippen molar-refractivity contribution < 1.29 is 23.0 Å². The van der Waals surface area contributed by atoms with Crippen molar-refractivity contribution in [3.8, 4) is 11.6 Å². The van der Waals surface area contributed by atoms with Crippen LogP contribution < -0.4 is 4.74 Å². The molecule has 0 aliphatic carbocycles. The van der Waals surface area contributed by atoms with Crippen molar-refractivity contribution in [1.82, 2.24) is 4.98 Å². The Morgan fingerprint density at radius 1 is 1.20 bits per heavy atom. The number of rotatable bonds is 3. The summed E-state index contributed by atoms with van der Waals surface area (Å²) in [6, 6.07) is 7.86. The van der Waals surface area contributed by atoms with Crippen molar-refractivity contribution in [2.45, 2.75) is 19.2 Å². The van der Waals surface area contributed by atoms with Crippen LogP contribution in [0.4, 0.5) is 13.2 Å². The number of para-hydroxylation sites is 1. The molecule has 0 amide bonds. The maximum absolute atomic E-state index is 12.8. The number of pyridine rings is 1. The topological polar surface area (TPSA) is 42.4 Å². The predicted octanol–water partition coefficient (Wildman–Crippen LogP) is 3.95. The molecule has 0 unspecified atom stereocenters. The smallest absolute Gasteiger partial charge is 0.419 e. The molecule has 6 heteroatoms. The summed E-state index contributed by atoms with van der Waals surface area (Å²) in [4.78, 5) is 3.84. The Kier molecular flexibility index (Phi) is 3.94. The Balaban J connectivity index is 2.33. The van der Waals surface area contributed by atoms with E-state index >= 15 is 0 Å². The van der Waals surface area contributed by atoms with Gasteiger partial charge in [-0.25, -0.2) is 4.98 Å². The molecule has 0 spiro atoms. The highest BCUT2D eigenvalue weighted by Crippen LogP contribution is 2.37. The SMILES string of the molecule is C[C@H](O)c1ccnc(Oc2ccccc2C(F)(F)F)c1. The first-order valence-corrected chi connectivity index (χ1v) is 5.86. The third kappa shape index (κ3) is 3.27. The zero-order valence-electron chi connectivity index (χ0n) is 10.6. The van der Waals surface area contributed by atoms with E-state index in [4.69, 9.17) is 4.74 Å². The maximum Gasteiger partial charge on any atom is 0.419 e. The van der Waals surface area contributed by atoms with Crippen molar-refractivity contribution in [2.24, 2.45) is 0 Å². The lowest BCUT2D eigenvalue weighted by Crippen LogP contribution is -2.07. The first-order chi connectivity index (χ1) is 9.38. The number of hydrogen-bond acceptors (Lipinski definition) is 3. The Hall–Kier alpha value is -2.08. The van der Waals surface area contributed by atoms with Gasteiger partial charge in [0.25, 0.3) is 0 Å². The van der Waals surface area contributed by atoms with Gasteiger partial charge in [0.2, 0.25) is 5.88 Å². The molecule has 2 rings (SSSR count). The Labute approximate surface area is 113 Å². The van der Waals surface area contributed by atoms with Crippen LogP contribution in [0, 0.1) is 0 Å². The summed E-state index contributed by atoms with van der Waals surface area (Å²) >= 11 is 0. The highest BCUT2D eigenvalue weighted by molar-refractivity contribution is 5.38. The van der Waals surface area contributed by atoms with Crippen molar-refractivity contribution in [2.75, 3.05) is 0 Å². The molecule has 0 aliphatic heterocycles. The molecule has 0 aliphatic rings. The van der Waals surface area contributed by atoms with Crippen LogP contribution in [0.3, 0.4) is 0 Å². The van der Waals surface area contributed by atoms with Gasteiger partial charge in [-0.15, -0.1) is 0 Å². The van der Waals surface area contributed by atoms with E-state index in [2.05, 4.69) is 4.98 Å². The van der Waals surface area contributed by atoms with Crippen molar-refractivity contribution >= 4 is 0 Å². The molecule has 1 atom stereocenters. The predicted molar refractivity (Wildman–Crippen MR) is 66.4 cm³/mol. The summed E-state index contributed by atoms with van der Waals surface area (Å²) in [5, 5.41) is 9.43. The van der Waals surface area contributed by atoms with Gasteiger partial charge in [-0.05, 0) is 30.7 Å². The van der Waals surface area contributed by atoms with Crippen molar-refractivity contribution in [3.05, 3.63) is 53.7 Å². The van der Waals surface area contributed by atoms with E-state index in [0.717, 1.165) is 6.07 Å². The monoisotopic (exact) mass is 283 g/mol. The van der Waals surface area contributed by atoms with Gasteiger partial charge in [0.1, 0.15) is 5.75 Å². The molecule has 1 aromatic carbocycles. The fourth-order valence-corrected chi connectivity index (χ4v) is 1.64. The zero-order chi connectivity index (χ0) is 14.8. The van der Waals surface area contributed by atoms with E-state index in [1.165, 1.54) is 30.5 Å². The van der Waals surface area contributed by atoms with Gasteiger partial charge in [0.05, 0.1) is 11.7 Å². The number of nitrogens with zero attached hydrogens (tertiary/aromatic N) is 1. The largest absolute Gasteiger partial charge is 0.438 e. The maximum atomic E-state index is 12.8. The average Bonchev–Trinajstić information content (AvgIpc) is 2.38. The first-order valence-electron chi connectivity index (χ1n) is 5.86. The number of aromatic nitrogens is 1. The molecule has 20 heavy (non-hydrogen) atoms. The minimum Gasteiger partial charge on any atom is -0.438 e. The molecule has 0 saturated heterocycles. The number of alkyl halides is 3. The molecule has 1 heterocycles. The first kappa shape index (κ1) is 14.3. The molecule has 3 nitrogen and oxygen atoms in total. The van der Waals surface area contributed by atoms with E-state index in [9.17, 15) is 18.3 Å². The number of aliphatic hydroxyl groups is 1. The third-order valence-electron chi connectivity index (χ3n) is 2.65. The number of halogens is 3. The van der Waals surface area contributed by atoms with E-state index in [1.54, 1.807) is 13.0 Å². The number of benzene rings is 1. The number of aliphatic hydroxyl groups excluding tert-OH is 1. The molecule has 0 fully saturated rings. The summed E-state index contributed by atoms with van der Waals surface area (Å²) in [6.07, 6.45) is -3.88. The van der Waals surface area contributed by atoms with E-state index < -0.39 is 17.8 Å². The Morgan fingerprint density at radius 3 is 2.55 bits per heavy atom. The van der Waals surface area contributed by atoms with Crippen LogP contribution in [0.5, 0.6) is 11.6 Å². The summed E-state index contributed by atoms with van der Waals surface area (Å²) < 4.78 is 43.6. The summed E-state index contributed by atoms with van der Waals surface area (Å²) in [5.74, 6) is -0.324. The lowest BCUT2D eigenvalue weighted by molar-refractivity contribution is -0.138. The van der Waals surface area contributed by atoms with E-state index in [0.29, 0.717) is 5.56 Å². The Morgan fingerprint density at radius 2 is 1.90 bits per heavy atom. The van der Waals surface area contributed by atoms with E-state index in [1.807, 2.05) is 0 Å². The highest BCUT2D eigenvalue weighted by atomic mass is 19.4. The van der Waals surface area contributed by atoms with Crippen LogP contribution in [-0.4, -0.2) is 10.1 Å². The van der Waals surface area contributed by atoms with Crippen LogP contribution in [0.2, 0.25) is 0 Å². The molecule has 0 radical (unpaired) electrons. The van der Waals surface area contributed by atoms with Crippen molar-refractivity contribution in [3.63, 3.8) is 0 Å². The lowest BCUT2D eigenvalue weighted by Gasteiger charge is -2.13. The molecule has 106 valence electrons. The molecule has 0 saturated carbocycles. The lowest BCUT2D eigenvalue weighted by atomic mass is 10.2. The highest BCUT2D eigenvalue weighted by Gasteiger charge is 2.34. The van der Waals surface area contributed by atoms with Crippen LogP contribution in [0.25, 0.3) is 0 Å².